The number of amides is 2. The highest BCUT2D eigenvalue weighted by molar-refractivity contribution is 7.99. The molecule has 2 rings (SSSR count). The van der Waals surface area contributed by atoms with Crippen LogP contribution in [-0.4, -0.2) is 42.7 Å². The van der Waals surface area contributed by atoms with Crippen LogP contribution in [0.15, 0.2) is 48.5 Å². The number of methoxy groups -OCH3 is 1. The van der Waals surface area contributed by atoms with Crippen molar-refractivity contribution in [3.05, 3.63) is 59.7 Å². The molecule has 2 aromatic carbocycles. The molecule has 0 aliphatic rings. The molecule has 0 aliphatic carbocycles. The fourth-order valence-electron chi connectivity index (χ4n) is 2.82. The van der Waals surface area contributed by atoms with Crippen LogP contribution in [0.25, 0.3) is 0 Å². The van der Waals surface area contributed by atoms with E-state index in [-0.39, 0.29) is 18.4 Å². The van der Waals surface area contributed by atoms with Gasteiger partial charge in [0.05, 0.1) is 25.1 Å². The molecule has 0 atom stereocenters. The quantitative estimate of drug-likeness (QED) is 0.652. The van der Waals surface area contributed by atoms with Crippen molar-refractivity contribution in [3.8, 4) is 5.75 Å². The molecule has 5 nitrogen and oxygen atoms in total. The standard InChI is InChI=1S/C22H28N2O3S/c1-4-12-24(14-21(25)23-19-10-5-6-11-20(19)27-3)22(26)16-28-15-18-9-7-8-17(2)13-18/h5-11,13H,4,12,14-16H2,1-3H3,(H,23,25). The Kier molecular flexibility index (Phi) is 8.88. The Morgan fingerprint density at radius 3 is 2.64 bits per heavy atom. The van der Waals surface area contributed by atoms with E-state index in [0.29, 0.717) is 23.7 Å². The maximum Gasteiger partial charge on any atom is 0.244 e. The minimum Gasteiger partial charge on any atom is -0.495 e. The second-order valence-corrected chi connectivity index (χ2v) is 7.53. The molecule has 0 aliphatic heterocycles. The van der Waals surface area contributed by atoms with Crippen molar-refractivity contribution in [3.63, 3.8) is 0 Å². The number of aryl methyl sites for hydroxylation is 1. The zero-order chi connectivity index (χ0) is 20.4. The number of carbonyl (C=O) groups is 2. The topological polar surface area (TPSA) is 58.6 Å². The van der Waals surface area contributed by atoms with Crippen LogP contribution >= 0.6 is 11.8 Å². The van der Waals surface area contributed by atoms with Crippen LogP contribution in [0.5, 0.6) is 5.75 Å². The average molecular weight is 401 g/mol. The van der Waals surface area contributed by atoms with Gasteiger partial charge in [-0.2, -0.15) is 0 Å². The highest BCUT2D eigenvalue weighted by Gasteiger charge is 2.17. The Morgan fingerprint density at radius 1 is 1.14 bits per heavy atom. The lowest BCUT2D eigenvalue weighted by Gasteiger charge is -2.22. The van der Waals surface area contributed by atoms with Gasteiger partial charge in [0, 0.05) is 12.3 Å². The summed E-state index contributed by atoms with van der Waals surface area (Å²) in [5.41, 5.74) is 3.02. The van der Waals surface area contributed by atoms with Gasteiger partial charge in [-0.3, -0.25) is 9.59 Å². The third-order valence-electron chi connectivity index (χ3n) is 4.14. The van der Waals surface area contributed by atoms with Gasteiger partial charge >= 0.3 is 0 Å². The van der Waals surface area contributed by atoms with Crippen LogP contribution in [0.2, 0.25) is 0 Å². The lowest BCUT2D eigenvalue weighted by molar-refractivity contribution is -0.132. The lowest BCUT2D eigenvalue weighted by atomic mass is 10.2. The first kappa shape index (κ1) is 21.8. The zero-order valence-corrected chi connectivity index (χ0v) is 17.6. The summed E-state index contributed by atoms with van der Waals surface area (Å²) in [5, 5.41) is 2.83. The van der Waals surface area contributed by atoms with Gasteiger partial charge in [-0.15, -0.1) is 11.8 Å². The number of carbonyl (C=O) groups excluding carboxylic acids is 2. The summed E-state index contributed by atoms with van der Waals surface area (Å²) in [6.45, 7) is 4.65. The minimum atomic E-state index is -0.227. The molecule has 0 bridgehead atoms. The molecule has 6 heteroatoms. The molecule has 0 saturated carbocycles. The maximum absolute atomic E-state index is 12.6. The van der Waals surface area contributed by atoms with Gasteiger partial charge < -0.3 is 15.0 Å². The summed E-state index contributed by atoms with van der Waals surface area (Å²) < 4.78 is 5.25. The number of para-hydroxylation sites is 2. The number of thioether (sulfide) groups is 1. The number of benzene rings is 2. The fraction of sp³-hybridized carbons (Fsp3) is 0.364. The molecule has 0 fully saturated rings. The van der Waals surface area contributed by atoms with E-state index in [2.05, 4.69) is 30.4 Å². The van der Waals surface area contributed by atoms with Gasteiger partial charge in [0.15, 0.2) is 0 Å². The second kappa shape index (κ2) is 11.4. The molecule has 1 N–H and O–H groups in total. The van der Waals surface area contributed by atoms with Crippen molar-refractivity contribution in [2.24, 2.45) is 0 Å². The SMILES string of the molecule is CCCN(CC(=O)Nc1ccccc1OC)C(=O)CSCc1cccc(C)c1. The van der Waals surface area contributed by atoms with Gasteiger partial charge in [-0.1, -0.05) is 48.9 Å². The minimum absolute atomic E-state index is 0.0188. The molecule has 0 radical (unpaired) electrons. The molecular weight excluding hydrogens is 372 g/mol. The van der Waals surface area contributed by atoms with Crippen LogP contribution in [0.4, 0.5) is 5.69 Å². The number of ether oxygens (including phenoxy) is 1. The molecule has 0 unspecified atom stereocenters. The summed E-state index contributed by atoms with van der Waals surface area (Å²) in [7, 11) is 1.56. The largest absolute Gasteiger partial charge is 0.495 e. The monoisotopic (exact) mass is 400 g/mol. The highest BCUT2D eigenvalue weighted by Crippen LogP contribution is 2.23. The van der Waals surface area contributed by atoms with E-state index >= 15 is 0 Å². The van der Waals surface area contributed by atoms with Crippen molar-refractivity contribution in [2.75, 3.05) is 31.3 Å². The van der Waals surface area contributed by atoms with Crippen LogP contribution < -0.4 is 10.1 Å². The van der Waals surface area contributed by atoms with Crippen molar-refractivity contribution in [1.29, 1.82) is 0 Å². The van der Waals surface area contributed by atoms with E-state index in [4.69, 9.17) is 4.74 Å². The first-order chi connectivity index (χ1) is 13.5. The van der Waals surface area contributed by atoms with Crippen LogP contribution in [-0.2, 0) is 15.3 Å². The summed E-state index contributed by atoms with van der Waals surface area (Å²) in [5.74, 6) is 1.49. The number of hydrogen-bond acceptors (Lipinski definition) is 4. The summed E-state index contributed by atoms with van der Waals surface area (Å²) in [6, 6.07) is 15.5. The van der Waals surface area contributed by atoms with E-state index < -0.39 is 0 Å². The molecule has 0 heterocycles. The highest BCUT2D eigenvalue weighted by atomic mass is 32.2. The maximum atomic E-state index is 12.6. The van der Waals surface area contributed by atoms with E-state index in [1.807, 2.05) is 25.1 Å². The van der Waals surface area contributed by atoms with Crippen molar-refractivity contribution in [2.45, 2.75) is 26.0 Å². The zero-order valence-electron chi connectivity index (χ0n) is 16.7. The molecule has 150 valence electrons. The van der Waals surface area contributed by atoms with Crippen LogP contribution in [0.3, 0.4) is 0 Å². The lowest BCUT2D eigenvalue weighted by Crippen LogP contribution is -2.39. The molecule has 0 spiro atoms. The molecule has 28 heavy (non-hydrogen) atoms. The number of nitrogens with one attached hydrogen (secondary N) is 1. The molecule has 2 amide bonds. The molecule has 2 aromatic rings. The van der Waals surface area contributed by atoms with Crippen molar-refractivity contribution in [1.82, 2.24) is 4.90 Å². The van der Waals surface area contributed by atoms with E-state index in [1.54, 1.807) is 35.9 Å². The van der Waals surface area contributed by atoms with E-state index in [9.17, 15) is 9.59 Å². The van der Waals surface area contributed by atoms with Gasteiger partial charge in [-0.05, 0) is 31.0 Å². The van der Waals surface area contributed by atoms with Crippen LogP contribution in [0.1, 0.15) is 24.5 Å². The normalized spacial score (nSPS) is 10.4. The summed E-state index contributed by atoms with van der Waals surface area (Å²) in [6.07, 6.45) is 0.802. The van der Waals surface area contributed by atoms with Gasteiger partial charge in [0.1, 0.15) is 5.75 Å². The van der Waals surface area contributed by atoms with Gasteiger partial charge in [0.25, 0.3) is 0 Å². The van der Waals surface area contributed by atoms with Gasteiger partial charge in [-0.25, -0.2) is 0 Å². The van der Waals surface area contributed by atoms with Crippen molar-refractivity contribution < 1.29 is 14.3 Å². The summed E-state index contributed by atoms with van der Waals surface area (Å²) >= 11 is 1.57. The predicted octanol–water partition coefficient (Wildman–Crippen LogP) is 4.11. The Morgan fingerprint density at radius 2 is 1.93 bits per heavy atom. The fourth-order valence-corrected chi connectivity index (χ4v) is 3.70. The Hall–Kier alpha value is -2.47. The second-order valence-electron chi connectivity index (χ2n) is 6.55. The number of rotatable bonds is 10. The number of hydrogen-bond donors (Lipinski definition) is 1. The summed E-state index contributed by atoms with van der Waals surface area (Å²) in [4.78, 5) is 26.7. The molecular formula is C22H28N2O3S. The van der Waals surface area contributed by atoms with Gasteiger partial charge in [0.2, 0.25) is 11.8 Å². The number of anilines is 1. The molecule has 0 aromatic heterocycles. The number of nitrogens with zero attached hydrogens (tertiary/aromatic N) is 1. The van der Waals surface area contributed by atoms with E-state index in [1.165, 1.54) is 11.1 Å². The van der Waals surface area contributed by atoms with E-state index in [0.717, 1.165) is 12.2 Å². The average Bonchev–Trinajstić information content (AvgIpc) is 2.68. The first-order valence-corrected chi connectivity index (χ1v) is 10.5. The smallest absolute Gasteiger partial charge is 0.244 e. The third kappa shape index (κ3) is 6.93. The molecule has 0 saturated heterocycles. The third-order valence-corrected chi connectivity index (χ3v) is 5.13. The van der Waals surface area contributed by atoms with Crippen LogP contribution in [0, 0.1) is 6.92 Å². The predicted molar refractivity (Wildman–Crippen MR) is 116 cm³/mol. The Balaban J connectivity index is 1.88. The first-order valence-electron chi connectivity index (χ1n) is 9.37. The Labute approximate surface area is 171 Å². The Bertz CT molecular complexity index is 795. The van der Waals surface area contributed by atoms with Crippen molar-refractivity contribution >= 4 is 29.3 Å².